The summed E-state index contributed by atoms with van der Waals surface area (Å²) in [4.78, 5) is 50.2. The third kappa shape index (κ3) is 5.12. The molecule has 8 heteroatoms. The largest absolute Gasteiger partial charge is 0.489 e. The molecule has 0 bridgehead atoms. The van der Waals surface area contributed by atoms with Gasteiger partial charge in [0.25, 0.3) is 17.7 Å². The Labute approximate surface area is 196 Å². The lowest BCUT2D eigenvalue weighted by atomic mass is 10.1. The minimum Gasteiger partial charge on any atom is -0.489 e. The highest BCUT2D eigenvalue weighted by atomic mass is 16.5. The molecule has 1 aliphatic heterocycles. The summed E-state index contributed by atoms with van der Waals surface area (Å²) in [5, 5.41) is 2.65. The first-order valence-electron chi connectivity index (χ1n) is 10.6. The maximum absolute atomic E-state index is 12.4. The number of nitrogens with one attached hydrogen (secondary N) is 1. The number of amides is 3. The Kier molecular flexibility index (Phi) is 6.68. The molecule has 1 aliphatic rings. The molecular weight excluding hydrogens is 436 g/mol. The summed E-state index contributed by atoms with van der Waals surface area (Å²) in [6.45, 7) is 1.26. The fourth-order valence-electron chi connectivity index (χ4n) is 3.42. The lowest BCUT2D eigenvalue weighted by Gasteiger charge is -2.17. The second kappa shape index (κ2) is 9.99. The van der Waals surface area contributed by atoms with Crippen molar-refractivity contribution in [3.8, 4) is 5.75 Å². The van der Waals surface area contributed by atoms with Crippen molar-refractivity contribution in [1.82, 2.24) is 4.90 Å². The number of anilines is 1. The van der Waals surface area contributed by atoms with Gasteiger partial charge >= 0.3 is 5.97 Å². The maximum atomic E-state index is 12.4. The standard InChI is InChI=1S/C26H22N2O6/c1-17(34-23(29)15-28-25(31)21-9-5-6-10-22(21)26(28)32)24(30)27-19-11-13-20(14-12-19)33-16-18-7-3-2-4-8-18/h2-14,17H,15-16H2,1H3,(H,27,30). The van der Waals surface area contributed by atoms with Gasteiger partial charge in [-0.25, -0.2) is 0 Å². The zero-order chi connectivity index (χ0) is 24.1. The summed E-state index contributed by atoms with van der Waals surface area (Å²) in [6.07, 6.45) is -1.13. The highest BCUT2D eigenvalue weighted by Crippen LogP contribution is 2.22. The van der Waals surface area contributed by atoms with Crippen LogP contribution >= 0.6 is 0 Å². The van der Waals surface area contributed by atoms with E-state index < -0.39 is 36.3 Å². The van der Waals surface area contributed by atoms with E-state index in [0.29, 0.717) is 18.0 Å². The molecule has 1 N–H and O–H groups in total. The van der Waals surface area contributed by atoms with E-state index in [1.807, 2.05) is 30.3 Å². The molecule has 3 aromatic carbocycles. The Bertz CT molecular complexity index is 1190. The quantitative estimate of drug-likeness (QED) is 0.410. The van der Waals surface area contributed by atoms with Crippen LogP contribution in [0.25, 0.3) is 0 Å². The number of rotatable bonds is 8. The van der Waals surface area contributed by atoms with Gasteiger partial charge in [0.15, 0.2) is 6.10 Å². The van der Waals surface area contributed by atoms with Gasteiger partial charge in [-0.15, -0.1) is 0 Å². The summed E-state index contributed by atoms with van der Waals surface area (Å²) in [7, 11) is 0. The van der Waals surface area contributed by atoms with Gasteiger partial charge in [0.1, 0.15) is 18.9 Å². The molecule has 0 aliphatic carbocycles. The number of ether oxygens (including phenoxy) is 2. The van der Waals surface area contributed by atoms with Crippen LogP contribution in [-0.2, 0) is 20.9 Å². The maximum Gasteiger partial charge on any atom is 0.326 e. The zero-order valence-corrected chi connectivity index (χ0v) is 18.4. The van der Waals surface area contributed by atoms with Crippen LogP contribution in [0.5, 0.6) is 5.75 Å². The summed E-state index contributed by atoms with van der Waals surface area (Å²) >= 11 is 0. The number of carbonyl (C=O) groups is 4. The lowest BCUT2D eigenvalue weighted by molar-refractivity contribution is -0.153. The second-order valence-electron chi connectivity index (χ2n) is 7.66. The van der Waals surface area contributed by atoms with Crippen molar-refractivity contribution < 1.29 is 28.7 Å². The summed E-state index contributed by atoms with van der Waals surface area (Å²) in [5.74, 6) is -1.90. The van der Waals surface area contributed by atoms with Gasteiger partial charge in [-0.3, -0.25) is 24.1 Å². The van der Waals surface area contributed by atoms with Crippen LogP contribution in [-0.4, -0.2) is 41.2 Å². The molecule has 4 rings (SSSR count). The molecule has 0 radical (unpaired) electrons. The molecular formula is C26H22N2O6. The van der Waals surface area contributed by atoms with Crippen molar-refractivity contribution >= 4 is 29.4 Å². The van der Waals surface area contributed by atoms with E-state index >= 15 is 0 Å². The van der Waals surface area contributed by atoms with Crippen molar-refractivity contribution in [1.29, 1.82) is 0 Å². The van der Waals surface area contributed by atoms with E-state index in [4.69, 9.17) is 9.47 Å². The van der Waals surface area contributed by atoms with E-state index in [-0.39, 0.29) is 11.1 Å². The highest BCUT2D eigenvalue weighted by molar-refractivity contribution is 6.22. The molecule has 0 aromatic heterocycles. The average molecular weight is 458 g/mol. The van der Waals surface area contributed by atoms with Crippen LogP contribution in [0.15, 0.2) is 78.9 Å². The first-order chi connectivity index (χ1) is 16.4. The number of esters is 1. The van der Waals surface area contributed by atoms with E-state index in [2.05, 4.69) is 5.32 Å². The first kappa shape index (κ1) is 22.7. The first-order valence-corrected chi connectivity index (χ1v) is 10.6. The average Bonchev–Trinajstić information content (AvgIpc) is 3.09. The predicted octanol–water partition coefficient (Wildman–Crippen LogP) is 3.43. The Balaban J connectivity index is 1.26. The molecule has 0 saturated carbocycles. The van der Waals surface area contributed by atoms with Gasteiger partial charge in [-0.2, -0.15) is 0 Å². The van der Waals surface area contributed by atoms with Crippen LogP contribution in [0.2, 0.25) is 0 Å². The van der Waals surface area contributed by atoms with Gasteiger partial charge < -0.3 is 14.8 Å². The molecule has 0 spiro atoms. The third-order valence-corrected chi connectivity index (χ3v) is 5.21. The highest BCUT2D eigenvalue weighted by Gasteiger charge is 2.37. The molecule has 34 heavy (non-hydrogen) atoms. The molecule has 1 heterocycles. The molecule has 3 aromatic rings. The molecule has 1 atom stereocenters. The summed E-state index contributed by atoms with van der Waals surface area (Å²) < 4.78 is 10.8. The van der Waals surface area contributed by atoms with Crippen LogP contribution in [0, 0.1) is 0 Å². The zero-order valence-electron chi connectivity index (χ0n) is 18.4. The van der Waals surface area contributed by atoms with Crippen LogP contribution in [0.1, 0.15) is 33.2 Å². The summed E-state index contributed by atoms with van der Waals surface area (Å²) in [6, 6.07) is 22.8. The predicted molar refractivity (Wildman–Crippen MR) is 123 cm³/mol. The minimum atomic E-state index is -1.13. The summed E-state index contributed by atoms with van der Waals surface area (Å²) in [5.41, 5.74) is 2.02. The van der Waals surface area contributed by atoms with E-state index in [1.165, 1.54) is 19.1 Å². The number of benzene rings is 3. The second-order valence-corrected chi connectivity index (χ2v) is 7.66. The fraction of sp³-hybridized carbons (Fsp3) is 0.154. The third-order valence-electron chi connectivity index (χ3n) is 5.21. The van der Waals surface area contributed by atoms with Crippen molar-refractivity contribution in [3.63, 3.8) is 0 Å². The van der Waals surface area contributed by atoms with E-state index in [9.17, 15) is 19.2 Å². The number of imide groups is 1. The van der Waals surface area contributed by atoms with E-state index in [0.717, 1.165) is 10.5 Å². The van der Waals surface area contributed by atoms with Gasteiger partial charge in [-0.05, 0) is 48.9 Å². The van der Waals surface area contributed by atoms with Gasteiger partial charge in [0.05, 0.1) is 11.1 Å². The van der Waals surface area contributed by atoms with Crippen LogP contribution in [0.4, 0.5) is 5.69 Å². The van der Waals surface area contributed by atoms with Crippen LogP contribution < -0.4 is 10.1 Å². The molecule has 3 amide bonds. The molecule has 0 saturated heterocycles. The smallest absolute Gasteiger partial charge is 0.326 e. The Morgan fingerprint density at radius 2 is 1.44 bits per heavy atom. The SMILES string of the molecule is CC(OC(=O)CN1C(=O)c2ccccc2C1=O)C(=O)Nc1ccc(OCc2ccccc2)cc1. The van der Waals surface area contributed by atoms with Gasteiger partial charge in [0.2, 0.25) is 0 Å². The van der Waals surface area contributed by atoms with Crippen molar-refractivity contribution in [2.45, 2.75) is 19.6 Å². The van der Waals surface area contributed by atoms with Gasteiger partial charge in [-0.1, -0.05) is 42.5 Å². The Morgan fingerprint density at radius 1 is 0.853 bits per heavy atom. The fourth-order valence-corrected chi connectivity index (χ4v) is 3.42. The van der Waals surface area contributed by atoms with Crippen molar-refractivity contribution in [2.75, 3.05) is 11.9 Å². The lowest BCUT2D eigenvalue weighted by Crippen LogP contribution is -2.38. The Morgan fingerprint density at radius 3 is 2.06 bits per heavy atom. The number of carbonyl (C=O) groups excluding carboxylic acids is 4. The Hall–Kier alpha value is -4.46. The van der Waals surface area contributed by atoms with Crippen molar-refractivity contribution in [2.24, 2.45) is 0 Å². The number of hydrogen-bond donors (Lipinski definition) is 1. The molecule has 8 nitrogen and oxygen atoms in total. The number of fused-ring (bicyclic) bond motifs is 1. The molecule has 172 valence electrons. The minimum absolute atomic E-state index is 0.238. The topological polar surface area (TPSA) is 102 Å². The number of nitrogens with zero attached hydrogens (tertiary/aromatic N) is 1. The molecule has 1 unspecified atom stereocenters. The van der Waals surface area contributed by atoms with Gasteiger partial charge in [0, 0.05) is 5.69 Å². The number of hydrogen-bond acceptors (Lipinski definition) is 6. The van der Waals surface area contributed by atoms with Crippen LogP contribution in [0.3, 0.4) is 0 Å². The van der Waals surface area contributed by atoms with E-state index in [1.54, 1.807) is 36.4 Å². The monoisotopic (exact) mass is 458 g/mol. The van der Waals surface area contributed by atoms with Crippen molar-refractivity contribution in [3.05, 3.63) is 95.6 Å². The molecule has 0 fully saturated rings. The normalized spacial score (nSPS) is 13.3.